The van der Waals surface area contributed by atoms with Crippen molar-refractivity contribution in [2.24, 2.45) is 0 Å². The Kier molecular flexibility index (Phi) is 4.45. The molecule has 0 saturated heterocycles. The van der Waals surface area contributed by atoms with Gasteiger partial charge in [0.15, 0.2) is 10.8 Å². The van der Waals surface area contributed by atoms with Gasteiger partial charge in [0.25, 0.3) is 0 Å². The molecule has 0 fully saturated rings. The van der Waals surface area contributed by atoms with E-state index >= 15 is 0 Å². The van der Waals surface area contributed by atoms with Crippen LogP contribution in [0, 0.1) is 3.57 Å². The van der Waals surface area contributed by atoms with Gasteiger partial charge in [-0.2, -0.15) is 0 Å². The first kappa shape index (κ1) is 14.4. The first-order valence-corrected chi connectivity index (χ1v) is 8.52. The number of nitrogens with one attached hydrogen (secondary N) is 1. The zero-order valence-corrected chi connectivity index (χ0v) is 14.4. The molecule has 1 N–H and O–H groups in total. The lowest BCUT2D eigenvalue weighted by atomic mass is 10.1. The fourth-order valence-corrected chi connectivity index (χ4v) is 3.26. The molecule has 0 bridgehead atoms. The van der Waals surface area contributed by atoms with Crippen LogP contribution < -0.4 is 5.32 Å². The summed E-state index contributed by atoms with van der Waals surface area (Å²) in [5.74, 6) is 1.53. The van der Waals surface area contributed by atoms with E-state index in [9.17, 15) is 0 Å². The Balaban J connectivity index is 2.18. The van der Waals surface area contributed by atoms with Crippen molar-refractivity contribution < 1.29 is 0 Å². The van der Waals surface area contributed by atoms with Gasteiger partial charge in [-0.3, -0.25) is 0 Å². The van der Waals surface area contributed by atoms with E-state index in [0.29, 0.717) is 5.82 Å². The largest absolute Gasteiger partial charge is 0.369 e. The van der Waals surface area contributed by atoms with E-state index < -0.39 is 0 Å². The minimum absolute atomic E-state index is 0.667. The fraction of sp³-hybridized carbons (Fsp3) is 0.133. The van der Waals surface area contributed by atoms with Crippen molar-refractivity contribution in [1.29, 1.82) is 0 Å². The molecule has 0 aliphatic carbocycles. The van der Waals surface area contributed by atoms with Gasteiger partial charge in [-0.05, 0) is 29.5 Å². The zero-order chi connectivity index (χ0) is 14.7. The van der Waals surface area contributed by atoms with E-state index in [2.05, 4.69) is 56.9 Å². The first-order chi connectivity index (χ1) is 10.3. The normalized spacial score (nSPS) is 10.6. The number of hydrogen-bond acceptors (Lipinski definition) is 5. The topological polar surface area (TPSA) is 50.7 Å². The highest BCUT2D eigenvalue weighted by Crippen LogP contribution is 2.31. The van der Waals surface area contributed by atoms with Gasteiger partial charge in [0.1, 0.15) is 5.82 Å². The molecular weight excluding hydrogens is 395 g/mol. The second-order valence-electron chi connectivity index (χ2n) is 4.29. The molecule has 4 nitrogen and oxygen atoms in total. The summed E-state index contributed by atoms with van der Waals surface area (Å²) in [6.45, 7) is 2.88. The van der Waals surface area contributed by atoms with E-state index in [4.69, 9.17) is 4.98 Å². The third-order valence-corrected chi connectivity index (χ3v) is 4.66. The molecule has 0 aliphatic heterocycles. The van der Waals surface area contributed by atoms with Crippen LogP contribution in [0.2, 0.25) is 0 Å². The van der Waals surface area contributed by atoms with Gasteiger partial charge >= 0.3 is 0 Å². The average molecular weight is 408 g/mol. The van der Waals surface area contributed by atoms with E-state index in [1.807, 2.05) is 23.6 Å². The molecule has 6 heteroatoms. The molecular formula is C15H13IN4S. The first-order valence-electron chi connectivity index (χ1n) is 6.56. The third-order valence-electron chi connectivity index (χ3n) is 2.87. The van der Waals surface area contributed by atoms with Crippen LogP contribution in [0.1, 0.15) is 6.92 Å². The maximum absolute atomic E-state index is 4.72. The van der Waals surface area contributed by atoms with Gasteiger partial charge in [0.2, 0.25) is 0 Å². The van der Waals surface area contributed by atoms with E-state index in [0.717, 1.165) is 32.2 Å². The third kappa shape index (κ3) is 3.06. The lowest BCUT2D eigenvalue weighted by Gasteiger charge is -2.11. The van der Waals surface area contributed by atoms with Crippen LogP contribution in [0.25, 0.3) is 22.1 Å². The summed E-state index contributed by atoms with van der Waals surface area (Å²) in [4.78, 5) is 13.6. The minimum Gasteiger partial charge on any atom is -0.369 e. The summed E-state index contributed by atoms with van der Waals surface area (Å²) >= 11 is 3.84. The zero-order valence-electron chi connectivity index (χ0n) is 11.4. The molecule has 0 atom stereocenters. The molecule has 3 aromatic rings. The Labute approximate surface area is 140 Å². The molecule has 1 aromatic carbocycles. The molecule has 3 rings (SSSR count). The summed E-state index contributed by atoms with van der Waals surface area (Å²) in [5, 5.41) is 6.08. The highest BCUT2D eigenvalue weighted by atomic mass is 127. The maximum Gasteiger partial charge on any atom is 0.191 e. The van der Waals surface area contributed by atoms with Crippen LogP contribution in [0.5, 0.6) is 0 Å². The number of thiazole rings is 1. The number of anilines is 1. The van der Waals surface area contributed by atoms with Crippen molar-refractivity contribution in [2.75, 3.05) is 11.9 Å². The maximum atomic E-state index is 4.72. The molecule has 0 spiro atoms. The Morgan fingerprint density at radius 2 is 2.00 bits per heavy atom. The lowest BCUT2D eigenvalue weighted by Crippen LogP contribution is -2.06. The van der Waals surface area contributed by atoms with Crippen molar-refractivity contribution in [1.82, 2.24) is 15.0 Å². The summed E-state index contributed by atoms with van der Waals surface area (Å²) in [6, 6.07) is 10.2. The molecule has 0 radical (unpaired) electrons. The van der Waals surface area contributed by atoms with Gasteiger partial charge in [-0.1, -0.05) is 30.3 Å². The summed E-state index contributed by atoms with van der Waals surface area (Å²) in [5.41, 5.74) is 2.02. The Hall–Kier alpha value is -1.54. The van der Waals surface area contributed by atoms with Gasteiger partial charge in [-0.15, -0.1) is 11.3 Å². The Morgan fingerprint density at radius 1 is 1.19 bits per heavy atom. The van der Waals surface area contributed by atoms with Crippen LogP contribution >= 0.6 is 33.9 Å². The standard InChI is InChI=1S/C15H13IN4S/c1-2-17-13-11(16)12(10-6-4-3-5-7-10)19-14(20-13)15-18-8-9-21-15/h3-9H,2H2,1H3,(H,17,19,20). The highest BCUT2D eigenvalue weighted by Gasteiger charge is 2.15. The van der Waals surface area contributed by atoms with Crippen LogP contribution in [-0.2, 0) is 0 Å². The lowest BCUT2D eigenvalue weighted by molar-refractivity contribution is 1.10. The van der Waals surface area contributed by atoms with Crippen molar-refractivity contribution in [3.05, 3.63) is 45.5 Å². The Morgan fingerprint density at radius 3 is 2.67 bits per heavy atom. The van der Waals surface area contributed by atoms with Crippen LogP contribution in [0.15, 0.2) is 41.9 Å². The van der Waals surface area contributed by atoms with Gasteiger partial charge in [-0.25, -0.2) is 15.0 Å². The highest BCUT2D eigenvalue weighted by molar-refractivity contribution is 14.1. The number of nitrogens with zero attached hydrogens (tertiary/aromatic N) is 3. The number of aromatic nitrogens is 3. The summed E-state index contributed by atoms with van der Waals surface area (Å²) in [6.07, 6.45) is 1.77. The number of halogens is 1. The van der Waals surface area contributed by atoms with Crippen molar-refractivity contribution in [3.8, 4) is 22.1 Å². The molecule has 2 aromatic heterocycles. The van der Waals surface area contributed by atoms with Gasteiger partial charge < -0.3 is 5.32 Å². The van der Waals surface area contributed by atoms with E-state index in [-0.39, 0.29) is 0 Å². The SMILES string of the molecule is CCNc1nc(-c2nccs2)nc(-c2ccccc2)c1I. The number of rotatable bonds is 4. The molecule has 0 unspecified atom stereocenters. The predicted molar refractivity (Wildman–Crippen MR) is 95.5 cm³/mol. The van der Waals surface area contributed by atoms with Crippen molar-refractivity contribution >= 4 is 39.7 Å². The number of hydrogen-bond donors (Lipinski definition) is 1. The predicted octanol–water partition coefficient (Wildman–Crippen LogP) is 4.30. The second-order valence-corrected chi connectivity index (χ2v) is 6.27. The van der Waals surface area contributed by atoms with E-state index in [1.165, 1.54) is 0 Å². The Bertz CT molecular complexity index is 729. The van der Waals surface area contributed by atoms with Crippen LogP contribution in [-0.4, -0.2) is 21.5 Å². The summed E-state index contributed by atoms with van der Waals surface area (Å²) in [7, 11) is 0. The molecule has 106 valence electrons. The summed E-state index contributed by atoms with van der Waals surface area (Å²) < 4.78 is 1.03. The monoisotopic (exact) mass is 408 g/mol. The number of benzene rings is 1. The smallest absolute Gasteiger partial charge is 0.191 e. The average Bonchev–Trinajstić information content (AvgIpc) is 3.05. The van der Waals surface area contributed by atoms with Crippen molar-refractivity contribution in [3.63, 3.8) is 0 Å². The van der Waals surface area contributed by atoms with Crippen LogP contribution in [0.4, 0.5) is 5.82 Å². The minimum atomic E-state index is 0.667. The van der Waals surface area contributed by atoms with Gasteiger partial charge in [0, 0.05) is 23.7 Å². The molecule has 2 heterocycles. The molecule has 21 heavy (non-hydrogen) atoms. The molecule has 0 amide bonds. The van der Waals surface area contributed by atoms with Crippen molar-refractivity contribution in [2.45, 2.75) is 6.92 Å². The van der Waals surface area contributed by atoms with Gasteiger partial charge in [0.05, 0.1) is 9.26 Å². The fourth-order valence-electron chi connectivity index (χ4n) is 1.95. The van der Waals surface area contributed by atoms with E-state index in [1.54, 1.807) is 17.5 Å². The molecule has 0 saturated carbocycles. The molecule has 0 aliphatic rings. The van der Waals surface area contributed by atoms with Crippen LogP contribution in [0.3, 0.4) is 0 Å². The quantitative estimate of drug-likeness (QED) is 0.654. The second kappa shape index (κ2) is 6.48.